The molecule has 5 nitrogen and oxygen atoms in total. The van der Waals surface area contributed by atoms with E-state index in [0.717, 1.165) is 17.9 Å². The Kier molecular flexibility index (Phi) is 5.33. The fourth-order valence-corrected chi connectivity index (χ4v) is 4.15. The van der Waals surface area contributed by atoms with Gasteiger partial charge in [-0.15, -0.1) is 0 Å². The first kappa shape index (κ1) is 20.9. The number of fused-ring (bicyclic) bond motifs is 1. The molecule has 2 aromatic heterocycles. The predicted octanol–water partition coefficient (Wildman–Crippen LogP) is 5.35. The van der Waals surface area contributed by atoms with Crippen LogP contribution in [0.4, 0.5) is 8.78 Å². The molecular formula is C24H20BrF2N3O2. The van der Waals surface area contributed by atoms with Gasteiger partial charge in [0.1, 0.15) is 17.4 Å². The highest BCUT2D eigenvalue weighted by atomic mass is 79.9. The summed E-state index contributed by atoms with van der Waals surface area (Å²) >= 11 is 3.27. The number of ether oxygens (including phenoxy) is 1. The van der Waals surface area contributed by atoms with E-state index >= 15 is 0 Å². The van der Waals surface area contributed by atoms with Crippen LogP contribution in [0.15, 0.2) is 57.9 Å². The van der Waals surface area contributed by atoms with E-state index in [1.165, 1.54) is 41.6 Å². The third kappa shape index (κ3) is 3.83. The van der Waals surface area contributed by atoms with Crippen LogP contribution < -0.4 is 10.3 Å². The minimum Gasteiger partial charge on any atom is -0.493 e. The molecule has 0 N–H and O–H groups in total. The van der Waals surface area contributed by atoms with Gasteiger partial charge >= 0.3 is 0 Å². The van der Waals surface area contributed by atoms with E-state index in [1.807, 2.05) is 24.3 Å². The van der Waals surface area contributed by atoms with Gasteiger partial charge in [0.05, 0.1) is 29.0 Å². The zero-order valence-electron chi connectivity index (χ0n) is 17.3. The SMILES string of the molecule is Cc1c(-c2ccc(OCC3CC3)cc2)nc2n(Cc3c(F)cccc3F)cc(Br)c(=O)n12. The number of aryl methyl sites for hydroxylation is 1. The molecule has 1 fully saturated rings. The summed E-state index contributed by atoms with van der Waals surface area (Å²) in [7, 11) is 0. The average molecular weight is 500 g/mol. The second kappa shape index (κ2) is 8.16. The van der Waals surface area contributed by atoms with Gasteiger partial charge in [-0.3, -0.25) is 4.79 Å². The van der Waals surface area contributed by atoms with Crippen LogP contribution in [-0.2, 0) is 6.54 Å². The Bertz CT molecular complexity index is 1350. The Labute approximate surface area is 191 Å². The second-order valence-electron chi connectivity index (χ2n) is 8.07. The van der Waals surface area contributed by atoms with Crippen LogP contribution in [0.1, 0.15) is 24.1 Å². The van der Waals surface area contributed by atoms with Gasteiger partial charge in [0, 0.05) is 17.3 Å². The normalized spacial score (nSPS) is 13.6. The minimum absolute atomic E-state index is 0.0932. The summed E-state index contributed by atoms with van der Waals surface area (Å²) in [5.74, 6) is 0.465. The highest BCUT2D eigenvalue weighted by Gasteiger charge is 2.22. The van der Waals surface area contributed by atoms with Crippen molar-refractivity contribution in [3.8, 4) is 17.0 Å². The number of hydrogen-bond acceptors (Lipinski definition) is 3. The van der Waals surface area contributed by atoms with E-state index in [4.69, 9.17) is 4.74 Å². The van der Waals surface area contributed by atoms with Crippen LogP contribution in [0.2, 0.25) is 0 Å². The fourth-order valence-electron chi connectivity index (χ4n) is 3.73. The highest BCUT2D eigenvalue weighted by Crippen LogP contribution is 2.30. The van der Waals surface area contributed by atoms with E-state index in [-0.39, 0.29) is 22.1 Å². The van der Waals surface area contributed by atoms with Crippen molar-refractivity contribution in [2.45, 2.75) is 26.3 Å². The van der Waals surface area contributed by atoms with Gasteiger partial charge in [-0.05, 0) is 78.0 Å². The van der Waals surface area contributed by atoms with E-state index in [0.29, 0.717) is 23.1 Å². The Balaban J connectivity index is 1.57. The molecule has 0 amide bonds. The fraction of sp³-hybridized carbons (Fsp3) is 0.250. The van der Waals surface area contributed by atoms with Crippen molar-refractivity contribution in [2.75, 3.05) is 6.61 Å². The van der Waals surface area contributed by atoms with Gasteiger partial charge in [0.25, 0.3) is 5.56 Å². The molecule has 1 aliphatic carbocycles. The molecule has 4 aromatic rings. The van der Waals surface area contributed by atoms with E-state index in [2.05, 4.69) is 20.9 Å². The van der Waals surface area contributed by atoms with Crippen molar-refractivity contribution in [3.05, 3.63) is 86.4 Å². The molecule has 0 radical (unpaired) electrons. The predicted molar refractivity (Wildman–Crippen MR) is 121 cm³/mol. The first-order valence-electron chi connectivity index (χ1n) is 10.4. The molecule has 2 aromatic carbocycles. The highest BCUT2D eigenvalue weighted by molar-refractivity contribution is 9.10. The maximum absolute atomic E-state index is 14.3. The summed E-state index contributed by atoms with van der Waals surface area (Å²) in [6, 6.07) is 11.3. The average Bonchev–Trinajstić information content (AvgIpc) is 3.54. The Morgan fingerprint density at radius 1 is 1.12 bits per heavy atom. The smallest absolute Gasteiger partial charge is 0.273 e. The number of aromatic nitrogens is 3. The minimum atomic E-state index is -0.650. The number of rotatable bonds is 6. The van der Waals surface area contributed by atoms with Crippen LogP contribution in [0.5, 0.6) is 5.75 Å². The Morgan fingerprint density at radius 2 is 1.81 bits per heavy atom. The van der Waals surface area contributed by atoms with Crippen LogP contribution in [-0.4, -0.2) is 20.6 Å². The maximum Gasteiger partial charge on any atom is 0.273 e. The topological polar surface area (TPSA) is 48.5 Å². The molecule has 1 aliphatic rings. The molecule has 164 valence electrons. The molecule has 0 spiro atoms. The first-order chi connectivity index (χ1) is 15.4. The maximum atomic E-state index is 14.3. The summed E-state index contributed by atoms with van der Waals surface area (Å²) < 4.78 is 37.6. The molecular weight excluding hydrogens is 480 g/mol. The van der Waals surface area contributed by atoms with Crippen molar-refractivity contribution in [3.63, 3.8) is 0 Å². The van der Waals surface area contributed by atoms with Gasteiger partial charge in [0.2, 0.25) is 5.78 Å². The number of hydrogen-bond donors (Lipinski definition) is 0. The van der Waals surface area contributed by atoms with Crippen molar-refractivity contribution in [2.24, 2.45) is 5.92 Å². The van der Waals surface area contributed by atoms with Crippen molar-refractivity contribution in [1.82, 2.24) is 14.0 Å². The first-order valence-corrected chi connectivity index (χ1v) is 11.2. The third-order valence-corrected chi connectivity index (χ3v) is 6.27. The standard InChI is InChI=1S/C24H20BrF2N3O2/c1-14-22(16-7-9-17(10-8-16)32-13-15-5-6-15)28-24-29(12-19(25)23(31)30(14)24)11-18-20(26)3-2-4-21(18)27/h2-4,7-10,12,15H,5-6,11,13H2,1H3. The summed E-state index contributed by atoms with van der Waals surface area (Å²) in [5, 5.41) is 0. The van der Waals surface area contributed by atoms with Gasteiger partial charge < -0.3 is 9.30 Å². The Hall–Kier alpha value is -3.00. The monoisotopic (exact) mass is 499 g/mol. The van der Waals surface area contributed by atoms with E-state index in [9.17, 15) is 13.6 Å². The third-order valence-electron chi connectivity index (χ3n) is 5.72. The number of benzene rings is 2. The summed E-state index contributed by atoms with van der Waals surface area (Å²) in [4.78, 5) is 17.5. The lowest BCUT2D eigenvalue weighted by atomic mass is 10.1. The van der Waals surface area contributed by atoms with E-state index < -0.39 is 11.6 Å². The van der Waals surface area contributed by atoms with Gasteiger partial charge in [0.15, 0.2) is 0 Å². The molecule has 0 saturated heterocycles. The van der Waals surface area contributed by atoms with Gasteiger partial charge in [-0.1, -0.05) is 6.07 Å². The van der Waals surface area contributed by atoms with Crippen LogP contribution in [0, 0.1) is 24.5 Å². The van der Waals surface area contributed by atoms with Crippen molar-refractivity contribution in [1.29, 1.82) is 0 Å². The molecule has 8 heteroatoms. The molecule has 0 atom stereocenters. The van der Waals surface area contributed by atoms with Gasteiger partial charge in [-0.25, -0.2) is 18.2 Å². The lowest BCUT2D eigenvalue weighted by Gasteiger charge is -2.11. The zero-order chi connectivity index (χ0) is 22.4. The van der Waals surface area contributed by atoms with Crippen molar-refractivity contribution >= 4 is 21.7 Å². The van der Waals surface area contributed by atoms with Crippen LogP contribution in [0.25, 0.3) is 17.0 Å². The van der Waals surface area contributed by atoms with Crippen LogP contribution in [0.3, 0.4) is 0 Å². The number of imidazole rings is 1. The second-order valence-corrected chi connectivity index (χ2v) is 8.92. The lowest BCUT2D eigenvalue weighted by molar-refractivity contribution is 0.300. The van der Waals surface area contributed by atoms with Crippen molar-refractivity contribution < 1.29 is 13.5 Å². The lowest BCUT2D eigenvalue weighted by Crippen LogP contribution is -2.20. The molecule has 0 bridgehead atoms. The molecule has 2 heterocycles. The van der Waals surface area contributed by atoms with E-state index in [1.54, 1.807) is 11.5 Å². The number of halogens is 3. The molecule has 5 rings (SSSR count). The molecule has 1 saturated carbocycles. The van der Waals surface area contributed by atoms with Gasteiger partial charge in [-0.2, -0.15) is 0 Å². The zero-order valence-corrected chi connectivity index (χ0v) is 18.9. The summed E-state index contributed by atoms with van der Waals surface area (Å²) in [6.07, 6.45) is 3.96. The Morgan fingerprint density at radius 3 is 2.47 bits per heavy atom. The molecule has 0 unspecified atom stereocenters. The quantitative estimate of drug-likeness (QED) is 0.359. The largest absolute Gasteiger partial charge is 0.493 e. The molecule has 0 aliphatic heterocycles. The molecule has 32 heavy (non-hydrogen) atoms. The summed E-state index contributed by atoms with van der Waals surface area (Å²) in [6.45, 7) is 2.42. The summed E-state index contributed by atoms with van der Waals surface area (Å²) in [5.41, 5.74) is 1.71. The number of nitrogens with zero attached hydrogens (tertiary/aromatic N) is 3. The van der Waals surface area contributed by atoms with Crippen LogP contribution >= 0.6 is 15.9 Å².